The van der Waals surface area contributed by atoms with Crippen molar-refractivity contribution in [2.24, 2.45) is 0 Å². The van der Waals surface area contributed by atoms with Gasteiger partial charge in [0.25, 0.3) is 5.91 Å². The zero-order valence-electron chi connectivity index (χ0n) is 14.2. The molecule has 6 nitrogen and oxygen atoms in total. The molecular weight excluding hydrogens is 423 g/mol. The number of hydrogen-bond acceptors (Lipinski definition) is 5. The van der Waals surface area contributed by atoms with Crippen molar-refractivity contribution in [3.63, 3.8) is 0 Å². The summed E-state index contributed by atoms with van der Waals surface area (Å²) in [5, 5.41) is 1.81. The van der Waals surface area contributed by atoms with E-state index in [-0.39, 0.29) is 15.5 Å². The molecule has 11 heteroatoms. The van der Waals surface area contributed by atoms with E-state index in [0.29, 0.717) is 6.07 Å². The molecule has 0 aliphatic carbocycles. The van der Waals surface area contributed by atoms with Crippen molar-refractivity contribution in [3.05, 3.63) is 58.6 Å². The van der Waals surface area contributed by atoms with E-state index in [2.05, 4.69) is 0 Å². The molecule has 0 aliphatic heterocycles. The van der Waals surface area contributed by atoms with E-state index in [1.807, 2.05) is 5.32 Å². The molecule has 0 heterocycles. The molecule has 0 aromatic heterocycles. The molecule has 0 unspecified atom stereocenters. The van der Waals surface area contributed by atoms with E-state index in [9.17, 15) is 31.2 Å². The van der Waals surface area contributed by atoms with E-state index >= 15 is 0 Å². The van der Waals surface area contributed by atoms with Crippen molar-refractivity contribution < 1.29 is 35.9 Å². The molecule has 0 saturated carbocycles. The first-order valence-corrected chi connectivity index (χ1v) is 9.79. The van der Waals surface area contributed by atoms with Crippen LogP contribution in [0, 0.1) is 0 Å². The second-order valence-electron chi connectivity index (χ2n) is 5.58. The number of hydrogen-bond donors (Lipinski definition) is 1. The van der Waals surface area contributed by atoms with Gasteiger partial charge in [-0.05, 0) is 30.3 Å². The molecule has 0 radical (unpaired) electrons. The summed E-state index contributed by atoms with van der Waals surface area (Å²) >= 11 is 5.55. The first kappa shape index (κ1) is 21.7. The molecule has 28 heavy (non-hydrogen) atoms. The minimum atomic E-state index is -4.77. The van der Waals surface area contributed by atoms with E-state index in [1.54, 1.807) is 0 Å². The van der Waals surface area contributed by atoms with Gasteiger partial charge in [0.05, 0.1) is 21.7 Å². The summed E-state index contributed by atoms with van der Waals surface area (Å²) in [5.74, 6) is -2.15. The Balaban J connectivity index is 2.12. The Hall–Kier alpha value is -2.59. The van der Waals surface area contributed by atoms with Crippen molar-refractivity contribution in [2.75, 3.05) is 18.2 Å². The number of esters is 1. The van der Waals surface area contributed by atoms with Crippen molar-refractivity contribution in [1.29, 1.82) is 0 Å². The first-order valence-electron chi connectivity index (χ1n) is 7.52. The normalized spacial score (nSPS) is 11.8. The molecule has 1 amide bonds. The number of benzene rings is 2. The number of nitrogens with one attached hydrogen (secondary N) is 1. The van der Waals surface area contributed by atoms with E-state index < -0.39 is 45.7 Å². The summed E-state index contributed by atoms with van der Waals surface area (Å²) in [7, 11) is -3.73. The van der Waals surface area contributed by atoms with Gasteiger partial charge in [0.1, 0.15) is 0 Å². The van der Waals surface area contributed by atoms with E-state index in [0.717, 1.165) is 18.4 Å². The summed E-state index contributed by atoms with van der Waals surface area (Å²) in [6, 6.07) is 7.94. The van der Waals surface area contributed by atoms with Gasteiger partial charge in [0.2, 0.25) is 0 Å². The Morgan fingerprint density at radius 3 is 2.39 bits per heavy atom. The van der Waals surface area contributed by atoms with Crippen molar-refractivity contribution in [2.45, 2.75) is 11.1 Å². The summed E-state index contributed by atoms with van der Waals surface area (Å²) in [6.45, 7) is -0.920. The maximum absolute atomic E-state index is 13.0. The fourth-order valence-electron chi connectivity index (χ4n) is 2.21. The maximum atomic E-state index is 13.0. The van der Waals surface area contributed by atoms with Gasteiger partial charge in [-0.3, -0.25) is 4.79 Å². The molecule has 1 N–H and O–H groups in total. The monoisotopic (exact) mass is 435 g/mol. The van der Waals surface area contributed by atoms with Crippen LogP contribution >= 0.6 is 11.6 Å². The largest absolute Gasteiger partial charge is 0.452 e. The highest BCUT2D eigenvalue weighted by Crippen LogP contribution is 2.36. The lowest BCUT2D eigenvalue weighted by molar-refractivity contribution is -0.137. The van der Waals surface area contributed by atoms with Gasteiger partial charge in [0.15, 0.2) is 16.4 Å². The molecule has 2 aromatic rings. The third-order valence-corrected chi connectivity index (χ3v) is 4.79. The topological polar surface area (TPSA) is 89.5 Å². The fraction of sp³-hybridized carbons (Fsp3) is 0.176. The Bertz CT molecular complexity index is 1020. The van der Waals surface area contributed by atoms with Crippen LogP contribution < -0.4 is 5.32 Å². The van der Waals surface area contributed by atoms with Crippen LogP contribution in [0.2, 0.25) is 5.02 Å². The predicted octanol–water partition coefficient (Wildman–Crippen LogP) is 3.56. The maximum Gasteiger partial charge on any atom is 0.418 e. The lowest BCUT2D eigenvalue weighted by atomic mass is 10.1. The number of rotatable bonds is 5. The van der Waals surface area contributed by atoms with Gasteiger partial charge in [-0.2, -0.15) is 13.2 Å². The molecular formula is C17H13ClF3NO5S. The highest BCUT2D eigenvalue weighted by molar-refractivity contribution is 7.90. The predicted molar refractivity (Wildman–Crippen MR) is 94.9 cm³/mol. The van der Waals surface area contributed by atoms with Gasteiger partial charge in [-0.15, -0.1) is 0 Å². The standard InChI is InChI=1S/C17H13ClF3NO5S/c1-28(25,26)14-5-3-2-4-11(14)16(24)27-9-15(23)22-13-7-6-10(18)8-12(13)17(19,20)21/h2-8H,9H2,1H3,(H,22,23). The molecule has 2 rings (SSSR count). The molecule has 2 aromatic carbocycles. The average molecular weight is 436 g/mol. The number of ether oxygens (including phenoxy) is 1. The number of sulfone groups is 1. The van der Waals surface area contributed by atoms with Crippen LogP contribution in [0.25, 0.3) is 0 Å². The van der Waals surface area contributed by atoms with Crippen LogP contribution in [0.4, 0.5) is 18.9 Å². The SMILES string of the molecule is CS(=O)(=O)c1ccccc1C(=O)OCC(=O)Nc1ccc(Cl)cc1C(F)(F)F. The van der Waals surface area contributed by atoms with Crippen molar-refractivity contribution in [3.8, 4) is 0 Å². The van der Waals surface area contributed by atoms with E-state index in [4.69, 9.17) is 16.3 Å². The second kappa shape index (κ2) is 8.19. The summed E-state index contributed by atoms with van der Waals surface area (Å²) in [5.41, 5.74) is -2.02. The van der Waals surface area contributed by atoms with Crippen LogP contribution in [0.5, 0.6) is 0 Å². The van der Waals surface area contributed by atoms with Gasteiger partial charge in [-0.25, -0.2) is 13.2 Å². The fourth-order valence-corrected chi connectivity index (χ4v) is 3.26. The molecule has 0 fully saturated rings. The van der Waals surface area contributed by atoms with Crippen LogP contribution in [-0.2, 0) is 25.5 Å². The number of alkyl halides is 3. The number of halogens is 4. The minimum absolute atomic E-state index is 0.172. The smallest absolute Gasteiger partial charge is 0.418 e. The Morgan fingerprint density at radius 2 is 1.79 bits per heavy atom. The molecule has 0 saturated heterocycles. The highest BCUT2D eigenvalue weighted by atomic mass is 35.5. The number of anilines is 1. The molecule has 0 atom stereocenters. The highest BCUT2D eigenvalue weighted by Gasteiger charge is 2.34. The third kappa shape index (κ3) is 5.46. The van der Waals surface area contributed by atoms with Crippen molar-refractivity contribution in [1.82, 2.24) is 0 Å². The molecule has 0 bridgehead atoms. The van der Waals surface area contributed by atoms with E-state index in [1.165, 1.54) is 24.3 Å². The third-order valence-electron chi connectivity index (χ3n) is 3.40. The summed E-state index contributed by atoms with van der Waals surface area (Å²) in [4.78, 5) is 23.7. The van der Waals surface area contributed by atoms with Crippen molar-refractivity contribution >= 4 is 39.0 Å². The summed E-state index contributed by atoms with van der Waals surface area (Å²) < 4.78 is 67.2. The number of carbonyl (C=O) groups is 2. The van der Waals surface area contributed by atoms with Gasteiger partial charge >= 0.3 is 12.1 Å². The lowest BCUT2D eigenvalue weighted by Crippen LogP contribution is -2.23. The molecule has 0 aliphatic rings. The first-order chi connectivity index (χ1) is 12.9. The second-order valence-corrected chi connectivity index (χ2v) is 8.00. The van der Waals surface area contributed by atoms with Crippen LogP contribution in [-0.4, -0.2) is 33.2 Å². The molecule has 0 spiro atoms. The van der Waals surface area contributed by atoms with Crippen LogP contribution in [0.15, 0.2) is 47.4 Å². The van der Waals surface area contributed by atoms with Crippen LogP contribution in [0.3, 0.4) is 0 Å². The Morgan fingerprint density at radius 1 is 1.14 bits per heavy atom. The minimum Gasteiger partial charge on any atom is -0.452 e. The van der Waals surface area contributed by atoms with Gasteiger partial charge < -0.3 is 10.1 Å². The number of amides is 1. The zero-order valence-corrected chi connectivity index (χ0v) is 15.8. The quantitative estimate of drug-likeness (QED) is 0.725. The van der Waals surface area contributed by atoms with Crippen LogP contribution in [0.1, 0.15) is 15.9 Å². The average Bonchev–Trinajstić information content (AvgIpc) is 2.59. The lowest BCUT2D eigenvalue weighted by Gasteiger charge is -2.14. The summed E-state index contributed by atoms with van der Waals surface area (Å²) in [6.07, 6.45) is -3.87. The Labute approximate surface area is 163 Å². The number of carbonyl (C=O) groups excluding carboxylic acids is 2. The Kier molecular flexibility index (Phi) is 6.35. The zero-order chi connectivity index (χ0) is 21.1. The van der Waals surface area contributed by atoms with Gasteiger partial charge in [0, 0.05) is 11.3 Å². The molecule has 150 valence electrons. The van der Waals surface area contributed by atoms with Gasteiger partial charge in [-0.1, -0.05) is 23.7 Å².